The third-order valence-corrected chi connectivity index (χ3v) is 12.6. The van der Waals surface area contributed by atoms with E-state index in [1.165, 1.54) is 37.6 Å². The van der Waals surface area contributed by atoms with Crippen molar-refractivity contribution in [1.29, 1.82) is 0 Å². The average molecular weight is 882 g/mol. The van der Waals surface area contributed by atoms with Gasteiger partial charge in [-0.05, 0) is 65.6 Å². The number of benzene rings is 3. The summed E-state index contributed by atoms with van der Waals surface area (Å²) in [5.41, 5.74) is 4.93. The molecule has 0 aliphatic carbocycles. The number of carbonyl (C=O) groups excluding carboxylic acids is 1. The van der Waals surface area contributed by atoms with Crippen LogP contribution in [-0.4, -0.2) is 20.9 Å². The second kappa shape index (κ2) is 16.0. The topological polar surface area (TPSA) is 63.1 Å². The summed E-state index contributed by atoms with van der Waals surface area (Å²) in [5.74, 6) is 0.286. The summed E-state index contributed by atoms with van der Waals surface area (Å²) in [5, 5.41) is 16.0. The van der Waals surface area contributed by atoms with Gasteiger partial charge in [-0.25, -0.2) is 4.98 Å². The van der Waals surface area contributed by atoms with Gasteiger partial charge in [-0.2, -0.15) is 0 Å². The first-order valence-corrected chi connectivity index (χ1v) is 19.1. The molecule has 0 saturated heterocycles. The number of thiophene rings is 2. The number of aliphatic hydroxyl groups excluding tert-OH is 1. The van der Waals surface area contributed by atoms with Crippen LogP contribution in [0.1, 0.15) is 93.6 Å². The molecule has 0 fully saturated rings. The van der Waals surface area contributed by atoms with Crippen LogP contribution < -0.4 is 0 Å². The van der Waals surface area contributed by atoms with Crippen molar-refractivity contribution in [2.45, 2.75) is 93.4 Å². The molecule has 50 heavy (non-hydrogen) atoms. The SMILES string of the molecule is CC(C)(C)c1cc(-c2ncnc3cc(-c4ccc5ccsc5c4)sc23)[c-]c2ccccc12.CCC(C)(CC)C(=O)/C=C(\O)C(C)(CC)CC.[Ir]. The number of nitrogens with zero attached hydrogens (tertiary/aromatic N) is 2. The standard InChI is InChI=1S/C28H21N2S2.C15H28O2.Ir/c1-28(2,3)22-13-20(12-18-6-4-5-7-21(18)22)26-27-23(29-16-30-26)15-25(32-27)19-9-8-17-10-11-31-24(17)14-19;1-7-14(5,8-2)12(16)11-13(17)15(6,9-3)10-4;/h4-11,13-16H,1-3H3;11,16H,7-10H2,1-6H3;/q-1;;/b;12-11-;. The Kier molecular flexibility index (Phi) is 12.6. The van der Waals surface area contributed by atoms with Gasteiger partial charge in [0, 0.05) is 57.0 Å². The number of ketones is 1. The summed E-state index contributed by atoms with van der Waals surface area (Å²) in [6, 6.07) is 25.4. The van der Waals surface area contributed by atoms with Crippen LogP contribution >= 0.6 is 22.7 Å². The molecule has 6 aromatic rings. The second-order valence-electron chi connectivity index (χ2n) is 14.5. The van der Waals surface area contributed by atoms with E-state index in [1.807, 2.05) is 41.5 Å². The van der Waals surface area contributed by atoms with Crippen molar-refractivity contribution in [2.75, 3.05) is 0 Å². The summed E-state index contributed by atoms with van der Waals surface area (Å²) < 4.78 is 2.42. The molecule has 0 amide bonds. The Morgan fingerprint density at radius 1 is 0.860 bits per heavy atom. The summed E-state index contributed by atoms with van der Waals surface area (Å²) in [4.78, 5) is 22.7. The third kappa shape index (κ3) is 8.12. The second-order valence-corrected chi connectivity index (χ2v) is 16.5. The maximum atomic E-state index is 12.2. The predicted octanol–water partition coefficient (Wildman–Crippen LogP) is 13.1. The van der Waals surface area contributed by atoms with E-state index >= 15 is 0 Å². The van der Waals surface area contributed by atoms with Crippen molar-refractivity contribution in [3.63, 3.8) is 0 Å². The molecule has 3 aromatic carbocycles. The molecule has 0 spiro atoms. The van der Waals surface area contributed by atoms with Crippen LogP contribution in [0.25, 0.3) is 52.8 Å². The Balaban J connectivity index is 0.000000269. The molecule has 0 aliphatic heterocycles. The molecule has 7 heteroatoms. The molecule has 6 rings (SSSR count). The van der Waals surface area contributed by atoms with Gasteiger partial charge >= 0.3 is 0 Å². The van der Waals surface area contributed by atoms with E-state index in [-0.39, 0.29) is 47.9 Å². The first kappa shape index (κ1) is 39.6. The zero-order valence-corrected chi connectivity index (χ0v) is 34.8. The van der Waals surface area contributed by atoms with Gasteiger partial charge in [-0.3, -0.25) is 9.78 Å². The summed E-state index contributed by atoms with van der Waals surface area (Å²) in [7, 11) is 0. The zero-order valence-electron chi connectivity index (χ0n) is 30.7. The van der Waals surface area contributed by atoms with Crippen molar-refractivity contribution < 1.29 is 30.0 Å². The minimum absolute atomic E-state index is 0. The molecule has 0 aliphatic rings. The molecular weight excluding hydrogens is 833 g/mol. The fourth-order valence-electron chi connectivity index (χ4n) is 5.96. The van der Waals surface area contributed by atoms with Crippen LogP contribution in [0.15, 0.2) is 84.2 Å². The molecule has 265 valence electrons. The molecule has 0 unspecified atom stereocenters. The summed E-state index contributed by atoms with van der Waals surface area (Å²) in [6.07, 6.45) is 6.43. The Labute approximate surface area is 319 Å². The van der Waals surface area contributed by atoms with Crippen LogP contribution in [0.2, 0.25) is 0 Å². The van der Waals surface area contributed by atoms with Crippen LogP contribution in [-0.2, 0) is 30.3 Å². The van der Waals surface area contributed by atoms with Gasteiger partial charge in [0.05, 0.1) is 5.52 Å². The summed E-state index contributed by atoms with van der Waals surface area (Å²) in [6.45, 7) is 18.9. The van der Waals surface area contributed by atoms with Gasteiger partial charge < -0.3 is 5.11 Å². The minimum atomic E-state index is -0.337. The number of hydrogen-bond donors (Lipinski definition) is 1. The van der Waals surface area contributed by atoms with Crippen molar-refractivity contribution in [3.8, 4) is 21.7 Å². The van der Waals surface area contributed by atoms with Crippen LogP contribution in [0.4, 0.5) is 0 Å². The molecule has 4 nitrogen and oxygen atoms in total. The van der Waals surface area contributed by atoms with Crippen molar-refractivity contribution in [2.24, 2.45) is 10.8 Å². The normalized spacial score (nSPS) is 12.5. The molecule has 0 atom stereocenters. The fraction of sp³-hybridized carbons (Fsp3) is 0.372. The van der Waals surface area contributed by atoms with Crippen molar-refractivity contribution in [3.05, 3.63) is 95.8 Å². The number of carbonyl (C=O) groups is 1. The van der Waals surface area contributed by atoms with E-state index in [1.54, 1.807) is 29.0 Å². The molecule has 0 saturated carbocycles. The predicted molar refractivity (Wildman–Crippen MR) is 212 cm³/mol. The number of aromatic nitrogens is 2. The zero-order chi connectivity index (χ0) is 35.6. The number of allylic oxidation sites excluding steroid dienone is 2. The Hall–Kier alpha value is -3.22. The van der Waals surface area contributed by atoms with E-state index in [4.69, 9.17) is 4.98 Å². The number of fused-ring (bicyclic) bond motifs is 3. The molecule has 0 bridgehead atoms. The van der Waals surface area contributed by atoms with E-state index in [0.717, 1.165) is 52.5 Å². The maximum absolute atomic E-state index is 12.2. The van der Waals surface area contributed by atoms with Gasteiger partial charge in [0.1, 0.15) is 12.1 Å². The Morgan fingerprint density at radius 3 is 2.20 bits per heavy atom. The molecular formula is C43H49IrN2O2S2-. The maximum Gasteiger partial charge on any atom is 0.164 e. The largest absolute Gasteiger partial charge is 0.512 e. The quantitative estimate of drug-likeness (QED) is 0.0893. The number of hydrogen-bond acceptors (Lipinski definition) is 6. The minimum Gasteiger partial charge on any atom is -0.512 e. The number of aliphatic hydroxyl groups is 1. The first-order chi connectivity index (χ1) is 23.3. The smallest absolute Gasteiger partial charge is 0.164 e. The third-order valence-electron chi connectivity index (χ3n) is 10.5. The monoisotopic (exact) mass is 882 g/mol. The van der Waals surface area contributed by atoms with Gasteiger partial charge in [-0.1, -0.05) is 104 Å². The van der Waals surface area contributed by atoms with E-state index < -0.39 is 0 Å². The Bertz CT molecular complexity index is 2130. The van der Waals surface area contributed by atoms with Gasteiger partial charge in [0.25, 0.3) is 0 Å². The van der Waals surface area contributed by atoms with E-state index in [0.29, 0.717) is 0 Å². The van der Waals surface area contributed by atoms with Gasteiger partial charge in [0.15, 0.2) is 5.78 Å². The van der Waals surface area contributed by atoms with E-state index in [2.05, 4.69) is 97.9 Å². The van der Waals surface area contributed by atoms with Crippen LogP contribution in [0, 0.1) is 16.9 Å². The fourth-order valence-corrected chi connectivity index (χ4v) is 7.90. The van der Waals surface area contributed by atoms with Crippen molar-refractivity contribution in [1.82, 2.24) is 9.97 Å². The summed E-state index contributed by atoms with van der Waals surface area (Å²) >= 11 is 3.54. The first-order valence-electron chi connectivity index (χ1n) is 17.4. The molecule has 1 radical (unpaired) electrons. The van der Waals surface area contributed by atoms with Crippen LogP contribution in [0.5, 0.6) is 0 Å². The van der Waals surface area contributed by atoms with Gasteiger partial charge in [-0.15, -0.1) is 51.8 Å². The molecule has 1 N–H and O–H groups in total. The number of rotatable bonds is 9. The van der Waals surface area contributed by atoms with E-state index in [9.17, 15) is 9.90 Å². The average Bonchev–Trinajstić information content (AvgIpc) is 3.77. The van der Waals surface area contributed by atoms with Crippen molar-refractivity contribution >= 4 is 59.5 Å². The Morgan fingerprint density at radius 2 is 1.54 bits per heavy atom. The molecule has 3 aromatic heterocycles. The van der Waals surface area contributed by atoms with Gasteiger partial charge in [0.2, 0.25) is 0 Å². The molecule has 3 heterocycles. The van der Waals surface area contributed by atoms with Crippen LogP contribution in [0.3, 0.4) is 0 Å².